The molecule has 0 unspecified atom stereocenters. The van der Waals surface area contributed by atoms with Crippen molar-refractivity contribution in [3.05, 3.63) is 28.8 Å². The second-order valence-corrected chi connectivity index (χ2v) is 8.42. The van der Waals surface area contributed by atoms with Crippen LogP contribution in [-0.2, 0) is 10.8 Å². The molecular formula is C20H30O2. The van der Waals surface area contributed by atoms with Crippen molar-refractivity contribution in [2.75, 3.05) is 6.61 Å². The zero-order valence-electron chi connectivity index (χ0n) is 15.2. The molecule has 0 atom stereocenters. The molecule has 1 aromatic rings. The minimum atomic E-state index is 0.0840. The summed E-state index contributed by atoms with van der Waals surface area (Å²) < 4.78 is 5.97. The molecule has 0 heterocycles. The monoisotopic (exact) mass is 302 g/mol. The van der Waals surface area contributed by atoms with Gasteiger partial charge in [0.1, 0.15) is 5.75 Å². The van der Waals surface area contributed by atoms with Crippen LogP contribution in [-0.4, -0.2) is 12.4 Å². The van der Waals surface area contributed by atoms with Gasteiger partial charge >= 0.3 is 0 Å². The maximum atomic E-state index is 12.1. The van der Waals surface area contributed by atoms with Gasteiger partial charge in [-0.15, -0.1) is 0 Å². The Kier molecular flexibility index (Phi) is 4.43. The minimum Gasteiger partial charge on any atom is -0.493 e. The molecule has 22 heavy (non-hydrogen) atoms. The van der Waals surface area contributed by atoms with E-state index in [0.717, 1.165) is 24.2 Å². The molecule has 1 aliphatic rings. The first kappa shape index (κ1) is 17.1. The first-order valence-electron chi connectivity index (χ1n) is 8.37. The Morgan fingerprint density at radius 3 is 2.05 bits per heavy atom. The second kappa shape index (κ2) is 5.72. The third-order valence-electron chi connectivity index (χ3n) is 4.90. The zero-order chi connectivity index (χ0) is 16.7. The van der Waals surface area contributed by atoms with Crippen molar-refractivity contribution in [2.24, 2.45) is 5.92 Å². The highest BCUT2D eigenvalue weighted by Crippen LogP contribution is 2.47. The Hall–Kier alpha value is -1.31. The number of rotatable bonds is 4. The van der Waals surface area contributed by atoms with Gasteiger partial charge in [0.25, 0.3) is 0 Å². The predicted molar refractivity (Wildman–Crippen MR) is 92.1 cm³/mol. The van der Waals surface area contributed by atoms with Crippen LogP contribution in [0.5, 0.6) is 5.75 Å². The second-order valence-electron chi connectivity index (χ2n) is 8.42. The lowest BCUT2D eigenvalue weighted by atomic mass is 9.63. The predicted octanol–water partition coefficient (Wildman–Crippen LogP) is 5.27. The number of carbonyl (C=O) groups is 1. The number of carbonyl (C=O) groups excluding carboxylic acids is 1. The Morgan fingerprint density at radius 1 is 1.09 bits per heavy atom. The van der Waals surface area contributed by atoms with Crippen LogP contribution in [0.25, 0.3) is 0 Å². The molecule has 2 heteroatoms. The van der Waals surface area contributed by atoms with E-state index in [1.165, 1.54) is 11.1 Å². The van der Waals surface area contributed by atoms with Crippen molar-refractivity contribution < 1.29 is 9.53 Å². The average Bonchev–Trinajstić information content (AvgIpc) is 2.40. The molecule has 1 aliphatic carbocycles. The number of Topliss-reactive ketones (excluding diaryl/α,β-unsaturated/α-hetero) is 1. The van der Waals surface area contributed by atoms with Crippen molar-refractivity contribution in [3.63, 3.8) is 0 Å². The van der Waals surface area contributed by atoms with E-state index in [4.69, 9.17) is 4.74 Å². The number of benzene rings is 1. The van der Waals surface area contributed by atoms with Gasteiger partial charge < -0.3 is 4.74 Å². The summed E-state index contributed by atoms with van der Waals surface area (Å²) in [4.78, 5) is 12.1. The van der Waals surface area contributed by atoms with E-state index in [0.29, 0.717) is 12.5 Å². The van der Waals surface area contributed by atoms with Gasteiger partial charge in [0.05, 0.1) is 12.2 Å². The SMILES string of the molecule is CC(=O)c1cc2c(cc1OCC(C)C)C(C)(C)CCC2(C)C. The maximum Gasteiger partial charge on any atom is 0.163 e. The number of ketones is 1. The summed E-state index contributed by atoms with van der Waals surface area (Å²) >= 11 is 0. The molecule has 1 aromatic carbocycles. The topological polar surface area (TPSA) is 26.3 Å². The lowest BCUT2D eigenvalue weighted by Crippen LogP contribution is -2.34. The normalized spacial score (nSPS) is 18.9. The van der Waals surface area contributed by atoms with Crippen molar-refractivity contribution >= 4 is 5.78 Å². The Labute approximate surface area is 135 Å². The van der Waals surface area contributed by atoms with E-state index in [-0.39, 0.29) is 16.6 Å². The van der Waals surface area contributed by atoms with Crippen LogP contribution in [0.1, 0.15) is 82.8 Å². The lowest BCUT2D eigenvalue weighted by Gasteiger charge is -2.42. The van der Waals surface area contributed by atoms with Gasteiger partial charge in [0.15, 0.2) is 5.78 Å². The van der Waals surface area contributed by atoms with Gasteiger partial charge in [-0.2, -0.15) is 0 Å². The molecule has 2 nitrogen and oxygen atoms in total. The standard InChI is InChI=1S/C20H30O2/c1-13(2)12-22-18-11-17-16(10-15(18)14(3)21)19(4,5)8-9-20(17,6)7/h10-11,13H,8-9,12H2,1-7H3. The van der Waals surface area contributed by atoms with E-state index in [9.17, 15) is 4.79 Å². The third-order valence-corrected chi connectivity index (χ3v) is 4.90. The molecule has 0 aromatic heterocycles. The fraction of sp³-hybridized carbons (Fsp3) is 0.650. The summed E-state index contributed by atoms with van der Waals surface area (Å²) in [5.41, 5.74) is 3.63. The van der Waals surface area contributed by atoms with Crippen LogP contribution in [0.15, 0.2) is 12.1 Å². The molecule has 122 valence electrons. The van der Waals surface area contributed by atoms with Crippen molar-refractivity contribution in [3.8, 4) is 5.75 Å². The van der Waals surface area contributed by atoms with E-state index in [2.05, 4.69) is 53.7 Å². The first-order valence-corrected chi connectivity index (χ1v) is 8.37. The van der Waals surface area contributed by atoms with Crippen molar-refractivity contribution in [1.29, 1.82) is 0 Å². The van der Waals surface area contributed by atoms with Crippen LogP contribution in [0.3, 0.4) is 0 Å². The molecule has 0 fully saturated rings. The molecular weight excluding hydrogens is 272 g/mol. The zero-order valence-corrected chi connectivity index (χ0v) is 15.2. The minimum absolute atomic E-state index is 0.0840. The molecule has 0 saturated carbocycles. The number of ether oxygens (including phenoxy) is 1. The number of fused-ring (bicyclic) bond motifs is 1. The van der Waals surface area contributed by atoms with Gasteiger partial charge in [-0.3, -0.25) is 4.79 Å². The highest BCUT2D eigenvalue weighted by molar-refractivity contribution is 5.97. The van der Waals surface area contributed by atoms with Crippen LogP contribution >= 0.6 is 0 Å². The average molecular weight is 302 g/mol. The first-order chi connectivity index (χ1) is 10.0. The van der Waals surface area contributed by atoms with Crippen molar-refractivity contribution in [1.82, 2.24) is 0 Å². The smallest absolute Gasteiger partial charge is 0.163 e. The molecule has 0 saturated heterocycles. The van der Waals surface area contributed by atoms with E-state index >= 15 is 0 Å². The summed E-state index contributed by atoms with van der Waals surface area (Å²) in [6.07, 6.45) is 2.31. The van der Waals surface area contributed by atoms with Crippen LogP contribution in [0.2, 0.25) is 0 Å². The summed E-state index contributed by atoms with van der Waals surface area (Å²) in [5.74, 6) is 1.28. The summed E-state index contributed by atoms with van der Waals surface area (Å²) in [5, 5.41) is 0. The molecule has 0 N–H and O–H groups in total. The van der Waals surface area contributed by atoms with Gasteiger partial charge in [-0.1, -0.05) is 41.5 Å². The van der Waals surface area contributed by atoms with Gasteiger partial charge in [-0.05, 0) is 59.8 Å². The summed E-state index contributed by atoms with van der Waals surface area (Å²) in [6.45, 7) is 15.7. The quantitative estimate of drug-likeness (QED) is 0.708. The highest BCUT2D eigenvalue weighted by Gasteiger charge is 2.38. The molecule has 0 aliphatic heterocycles. The Morgan fingerprint density at radius 2 is 1.59 bits per heavy atom. The van der Waals surface area contributed by atoms with Gasteiger partial charge in [0.2, 0.25) is 0 Å². The lowest BCUT2D eigenvalue weighted by molar-refractivity contribution is 0.101. The maximum absolute atomic E-state index is 12.1. The molecule has 2 rings (SSSR count). The third kappa shape index (κ3) is 3.21. The summed E-state index contributed by atoms with van der Waals surface area (Å²) in [6, 6.07) is 4.23. The highest BCUT2D eigenvalue weighted by atomic mass is 16.5. The molecule has 0 radical (unpaired) electrons. The molecule has 0 amide bonds. The Bertz CT molecular complexity index is 580. The van der Waals surface area contributed by atoms with Crippen LogP contribution in [0.4, 0.5) is 0 Å². The number of hydrogen-bond donors (Lipinski definition) is 0. The van der Waals surface area contributed by atoms with E-state index in [1.54, 1.807) is 6.92 Å². The van der Waals surface area contributed by atoms with E-state index in [1.807, 2.05) is 0 Å². The van der Waals surface area contributed by atoms with Crippen molar-refractivity contribution in [2.45, 2.75) is 72.1 Å². The van der Waals surface area contributed by atoms with Gasteiger partial charge in [0, 0.05) is 0 Å². The number of hydrogen-bond acceptors (Lipinski definition) is 2. The molecule has 0 spiro atoms. The van der Waals surface area contributed by atoms with Crippen LogP contribution < -0.4 is 4.74 Å². The fourth-order valence-corrected chi connectivity index (χ4v) is 3.25. The van der Waals surface area contributed by atoms with Gasteiger partial charge in [-0.25, -0.2) is 0 Å². The fourth-order valence-electron chi connectivity index (χ4n) is 3.25. The molecule has 0 bridgehead atoms. The van der Waals surface area contributed by atoms with Crippen LogP contribution in [0, 0.1) is 5.92 Å². The Balaban J connectivity index is 2.59. The largest absolute Gasteiger partial charge is 0.493 e. The summed E-state index contributed by atoms with van der Waals surface area (Å²) in [7, 11) is 0. The van der Waals surface area contributed by atoms with E-state index < -0.39 is 0 Å².